The summed E-state index contributed by atoms with van der Waals surface area (Å²) < 4.78 is 41.6. The maximum Gasteiger partial charge on any atom is 0.417 e. The van der Waals surface area contributed by atoms with Crippen LogP contribution in [0.1, 0.15) is 57.7 Å². The van der Waals surface area contributed by atoms with Crippen LogP contribution in [-0.4, -0.2) is 62.6 Å². The molecule has 2 amide bonds. The first-order chi connectivity index (χ1) is 16.6. The van der Waals surface area contributed by atoms with Gasteiger partial charge in [0.05, 0.1) is 16.8 Å². The van der Waals surface area contributed by atoms with Gasteiger partial charge in [0.2, 0.25) is 5.82 Å². The molecular formula is C25H26F3N5O2. The Labute approximate surface area is 201 Å². The first kappa shape index (κ1) is 24.4. The third-order valence-corrected chi connectivity index (χ3v) is 6.06. The van der Waals surface area contributed by atoms with E-state index >= 15 is 0 Å². The van der Waals surface area contributed by atoms with Gasteiger partial charge in [-0.25, -0.2) is 9.67 Å². The van der Waals surface area contributed by atoms with Crippen molar-refractivity contribution in [1.29, 1.82) is 0 Å². The molecule has 10 heteroatoms. The molecule has 1 aliphatic heterocycles. The molecule has 0 unspecified atom stereocenters. The molecule has 0 N–H and O–H groups in total. The molecule has 0 atom stereocenters. The van der Waals surface area contributed by atoms with Crippen LogP contribution in [0.15, 0.2) is 48.5 Å². The van der Waals surface area contributed by atoms with E-state index in [2.05, 4.69) is 23.9 Å². The van der Waals surface area contributed by atoms with Gasteiger partial charge in [0.25, 0.3) is 11.8 Å². The quantitative estimate of drug-likeness (QED) is 0.552. The summed E-state index contributed by atoms with van der Waals surface area (Å²) in [4.78, 5) is 33.1. The second kappa shape index (κ2) is 9.52. The minimum Gasteiger partial charge on any atom is -0.335 e. The second-order valence-corrected chi connectivity index (χ2v) is 8.74. The zero-order chi connectivity index (χ0) is 25.3. The van der Waals surface area contributed by atoms with Crippen LogP contribution in [0.2, 0.25) is 0 Å². The Morgan fingerprint density at radius 1 is 0.886 bits per heavy atom. The van der Waals surface area contributed by atoms with Crippen molar-refractivity contribution in [2.24, 2.45) is 0 Å². The number of rotatable bonds is 4. The van der Waals surface area contributed by atoms with E-state index in [-0.39, 0.29) is 49.4 Å². The van der Waals surface area contributed by atoms with Gasteiger partial charge in [-0.3, -0.25) is 9.59 Å². The summed E-state index contributed by atoms with van der Waals surface area (Å²) in [5.41, 5.74) is 0.575. The molecule has 35 heavy (non-hydrogen) atoms. The predicted octanol–water partition coefficient (Wildman–Crippen LogP) is 4.32. The number of carbonyl (C=O) groups excluding carboxylic acids is 2. The van der Waals surface area contributed by atoms with Gasteiger partial charge in [-0.1, -0.05) is 44.2 Å². The minimum atomic E-state index is -4.62. The number of hydrogen-bond donors (Lipinski definition) is 0. The third-order valence-electron chi connectivity index (χ3n) is 6.06. The Bertz CT molecular complexity index is 1240. The first-order valence-corrected chi connectivity index (χ1v) is 11.4. The van der Waals surface area contributed by atoms with Gasteiger partial charge in [0, 0.05) is 26.2 Å². The summed E-state index contributed by atoms with van der Waals surface area (Å²) in [5, 5.41) is 4.45. The van der Waals surface area contributed by atoms with E-state index in [1.54, 1.807) is 11.6 Å². The van der Waals surface area contributed by atoms with Crippen LogP contribution in [0.4, 0.5) is 13.2 Å². The summed E-state index contributed by atoms with van der Waals surface area (Å²) in [5.74, 6) is -0.213. The molecule has 4 rings (SSSR count). The largest absolute Gasteiger partial charge is 0.417 e. The van der Waals surface area contributed by atoms with E-state index in [4.69, 9.17) is 0 Å². The van der Waals surface area contributed by atoms with Gasteiger partial charge in [0.1, 0.15) is 5.82 Å². The van der Waals surface area contributed by atoms with E-state index in [0.717, 1.165) is 17.3 Å². The molecule has 2 aromatic carbocycles. The predicted molar refractivity (Wildman–Crippen MR) is 123 cm³/mol. The van der Waals surface area contributed by atoms with E-state index in [1.807, 2.05) is 24.3 Å². The molecule has 0 saturated carbocycles. The Kier molecular flexibility index (Phi) is 6.64. The van der Waals surface area contributed by atoms with Crippen molar-refractivity contribution in [3.63, 3.8) is 0 Å². The lowest BCUT2D eigenvalue weighted by molar-refractivity contribution is -0.138. The van der Waals surface area contributed by atoms with Crippen LogP contribution in [0, 0.1) is 6.92 Å². The van der Waals surface area contributed by atoms with Crippen molar-refractivity contribution in [3.8, 4) is 5.69 Å². The number of amides is 2. The Morgan fingerprint density at radius 2 is 1.46 bits per heavy atom. The summed E-state index contributed by atoms with van der Waals surface area (Å²) in [6.45, 7) is 6.51. The molecule has 7 nitrogen and oxygen atoms in total. The summed E-state index contributed by atoms with van der Waals surface area (Å²) >= 11 is 0. The van der Waals surface area contributed by atoms with Gasteiger partial charge in [-0.05, 0) is 36.6 Å². The lowest BCUT2D eigenvalue weighted by atomic mass is 10.0. The van der Waals surface area contributed by atoms with Gasteiger partial charge in [-0.2, -0.15) is 13.2 Å². The Morgan fingerprint density at radius 3 is 2.09 bits per heavy atom. The van der Waals surface area contributed by atoms with Gasteiger partial charge < -0.3 is 9.80 Å². The second-order valence-electron chi connectivity index (χ2n) is 8.74. The van der Waals surface area contributed by atoms with Crippen LogP contribution >= 0.6 is 0 Å². The van der Waals surface area contributed by atoms with Crippen molar-refractivity contribution < 1.29 is 22.8 Å². The number of carbonyl (C=O) groups is 2. The third kappa shape index (κ3) is 4.91. The topological polar surface area (TPSA) is 71.3 Å². The average molecular weight is 486 g/mol. The summed E-state index contributed by atoms with van der Waals surface area (Å²) in [6.07, 6.45) is -4.62. The minimum absolute atomic E-state index is 0.0447. The number of nitrogens with zero attached hydrogens (tertiary/aromatic N) is 5. The monoisotopic (exact) mass is 485 g/mol. The van der Waals surface area contributed by atoms with E-state index in [1.165, 1.54) is 28.0 Å². The molecule has 0 radical (unpaired) electrons. The van der Waals surface area contributed by atoms with E-state index in [0.29, 0.717) is 5.82 Å². The van der Waals surface area contributed by atoms with Crippen molar-refractivity contribution in [1.82, 2.24) is 24.6 Å². The number of aromatic nitrogens is 3. The molecule has 1 aliphatic rings. The number of aryl methyl sites for hydroxylation is 1. The molecule has 0 spiro atoms. The Balaban J connectivity index is 1.48. The molecule has 184 valence electrons. The molecule has 1 aromatic heterocycles. The van der Waals surface area contributed by atoms with E-state index in [9.17, 15) is 22.8 Å². The number of benzene rings is 2. The fourth-order valence-electron chi connectivity index (χ4n) is 4.22. The highest BCUT2D eigenvalue weighted by Gasteiger charge is 2.37. The highest BCUT2D eigenvalue weighted by atomic mass is 19.4. The highest BCUT2D eigenvalue weighted by Crippen LogP contribution is 2.32. The van der Waals surface area contributed by atoms with Crippen molar-refractivity contribution in [2.45, 2.75) is 32.9 Å². The van der Waals surface area contributed by atoms with Crippen LogP contribution in [0.25, 0.3) is 5.69 Å². The Hall–Kier alpha value is -3.69. The van der Waals surface area contributed by atoms with Crippen LogP contribution in [-0.2, 0) is 6.18 Å². The lowest BCUT2D eigenvalue weighted by Crippen LogP contribution is -2.51. The molecule has 0 aliphatic carbocycles. The first-order valence-electron chi connectivity index (χ1n) is 11.4. The standard InChI is InChI=1S/C25H26F3N5O2/c1-16(2)18-8-5-7-11-21(18)33-17(3)29-22(30-33)24(35)32-14-12-31(13-15-32)23(34)19-9-4-6-10-20(19)25(26,27)28/h4-11,16H,12-15H2,1-3H3. The fourth-order valence-corrected chi connectivity index (χ4v) is 4.22. The molecule has 0 bridgehead atoms. The summed E-state index contributed by atoms with van der Waals surface area (Å²) in [6, 6.07) is 12.5. The van der Waals surface area contributed by atoms with Crippen LogP contribution in [0.3, 0.4) is 0 Å². The van der Waals surface area contributed by atoms with Crippen LogP contribution < -0.4 is 0 Å². The maximum absolute atomic E-state index is 13.3. The zero-order valence-corrected chi connectivity index (χ0v) is 19.7. The van der Waals surface area contributed by atoms with Crippen molar-refractivity contribution in [3.05, 3.63) is 76.9 Å². The van der Waals surface area contributed by atoms with Crippen LogP contribution in [0.5, 0.6) is 0 Å². The van der Waals surface area contributed by atoms with E-state index < -0.39 is 17.6 Å². The fraction of sp³-hybridized carbons (Fsp3) is 0.360. The number of piperazine rings is 1. The smallest absolute Gasteiger partial charge is 0.335 e. The summed E-state index contributed by atoms with van der Waals surface area (Å²) in [7, 11) is 0. The number of para-hydroxylation sites is 1. The maximum atomic E-state index is 13.3. The molecule has 1 saturated heterocycles. The van der Waals surface area contributed by atoms with Gasteiger partial charge >= 0.3 is 6.18 Å². The molecule has 1 fully saturated rings. The normalized spacial score (nSPS) is 14.5. The zero-order valence-electron chi connectivity index (χ0n) is 19.7. The number of halogens is 3. The average Bonchev–Trinajstić information content (AvgIpc) is 3.24. The molecular weight excluding hydrogens is 459 g/mol. The van der Waals surface area contributed by atoms with Crippen molar-refractivity contribution >= 4 is 11.8 Å². The number of alkyl halides is 3. The SMILES string of the molecule is Cc1nc(C(=O)N2CCN(C(=O)c3ccccc3C(F)(F)F)CC2)nn1-c1ccccc1C(C)C. The number of hydrogen-bond acceptors (Lipinski definition) is 4. The lowest BCUT2D eigenvalue weighted by Gasteiger charge is -2.34. The van der Waals surface area contributed by atoms with Gasteiger partial charge in [0.15, 0.2) is 0 Å². The molecule has 2 heterocycles. The molecule has 3 aromatic rings. The highest BCUT2D eigenvalue weighted by molar-refractivity contribution is 5.96. The van der Waals surface area contributed by atoms with Gasteiger partial charge in [-0.15, -0.1) is 5.10 Å². The van der Waals surface area contributed by atoms with Crippen molar-refractivity contribution in [2.75, 3.05) is 26.2 Å².